The molecule has 0 atom stereocenters. The highest BCUT2D eigenvalue weighted by Crippen LogP contribution is 2.40. The molecule has 0 amide bonds. The number of ether oxygens (including phenoxy) is 1. The molecule has 28 heavy (non-hydrogen) atoms. The van der Waals surface area contributed by atoms with Gasteiger partial charge in [0.1, 0.15) is 5.60 Å². The van der Waals surface area contributed by atoms with E-state index in [0.29, 0.717) is 0 Å². The van der Waals surface area contributed by atoms with Gasteiger partial charge in [0.25, 0.3) is 0 Å². The minimum Gasteiger partial charge on any atom is -0.443 e. The monoisotopic (exact) mass is 379 g/mol. The molecule has 0 saturated carbocycles. The van der Waals surface area contributed by atoms with Gasteiger partial charge in [-0.2, -0.15) is 0 Å². The van der Waals surface area contributed by atoms with Crippen molar-refractivity contribution in [1.82, 2.24) is 4.57 Å². The third-order valence-electron chi connectivity index (χ3n) is 5.00. The molecular weight excluding hydrogens is 346 g/mol. The Morgan fingerprint density at radius 2 is 1.11 bits per heavy atom. The maximum Gasteiger partial charge on any atom is 0.419 e. The first kappa shape index (κ1) is 20.4. The SMILES string of the molecule is CC(C)(C)OC(=O)n1c2c(C(C)(C)C)cccc2c2cccc(C(C)(C)C)c21. The Labute approximate surface area is 168 Å². The van der Waals surface area contributed by atoms with Gasteiger partial charge in [-0.1, -0.05) is 77.9 Å². The number of aromatic nitrogens is 1. The van der Waals surface area contributed by atoms with E-state index in [1.807, 2.05) is 25.3 Å². The molecule has 0 aliphatic carbocycles. The molecule has 1 aromatic heterocycles. The molecule has 3 heteroatoms. The fourth-order valence-corrected chi connectivity index (χ4v) is 3.82. The fourth-order valence-electron chi connectivity index (χ4n) is 3.82. The van der Waals surface area contributed by atoms with E-state index in [9.17, 15) is 4.79 Å². The topological polar surface area (TPSA) is 31.2 Å². The molecule has 0 bridgehead atoms. The quantitative estimate of drug-likeness (QED) is 0.414. The second-order valence-electron chi connectivity index (χ2n) is 10.7. The summed E-state index contributed by atoms with van der Waals surface area (Å²) in [5.41, 5.74) is 3.43. The smallest absolute Gasteiger partial charge is 0.419 e. The van der Waals surface area contributed by atoms with Crippen molar-refractivity contribution in [3.8, 4) is 0 Å². The van der Waals surface area contributed by atoms with Gasteiger partial charge in [0.2, 0.25) is 0 Å². The summed E-state index contributed by atoms with van der Waals surface area (Å²) in [7, 11) is 0. The average molecular weight is 380 g/mol. The zero-order valence-corrected chi connectivity index (χ0v) is 18.7. The lowest BCUT2D eigenvalue weighted by Crippen LogP contribution is -2.28. The Bertz CT molecular complexity index is 979. The van der Waals surface area contributed by atoms with Crippen LogP contribution in [0.25, 0.3) is 21.8 Å². The average Bonchev–Trinajstić information content (AvgIpc) is 2.85. The van der Waals surface area contributed by atoms with Gasteiger partial charge in [-0.3, -0.25) is 0 Å². The van der Waals surface area contributed by atoms with Crippen LogP contribution in [-0.2, 0) is 15.6 Å². The van der Waals surface area contributed by atoms with Crippen molar-refractivity contribution >= 4 is 27.9 Å². The first-order valence-corrected chi connectivity index (χ1v) is 10.0. The van der Waals surface area contributed by atoms with Crippen LogP contribution >= 0.6 is 0 Å². The molecule has 0 radical (unpaired) electrons. The summed E-state index contributed by atoms with van der Waals surface area (Å²) >= 11 is 0. The lowest BCUT2D eigenvalue weighted by atomic mass is 9.85. The van der Waals surface area contributed by atoms with E-state index in [2.05, 4.69) is 77.9 Å². The van der Waals surface area contributed by atoms with E-state index < -0.39 is 5.60 Å². The Balaban J connectivity index is 2.55. The Kier molecular flexibility index (Phi) is 4.65. The van der Waals surface area contributed by atoms with Gasteiger partial charge in [-0.05, 0) is 42.7 Å². The molecule has 0 saturated heterocycles. The van der Waals surface area contributed by atoms with Crippen LogP contribution in [0.4, 0.5) is 4.79 Å². The molecule has 0 N–H and O–H groups in total. The van der Waals surface area contributed by atoms with Crippen LogP contribution in [0.5, 0.6) is 0 Å². The van der Waals surface area contributed by atoms with E-state index in [1.54, 1.807) is 0 Å². The second-order valence-corrected chi connectivity index (χ2v) is 10.7. The van der Waals surface area contributed by atoms with Crippen LogP contribution in [0.3, 0.4) is 0 Å². The van der Waals surface area contributed by atoms with E-state index in [1.165, 1.54) is 0 Å². The number of carbonyl (C=O) groups is 1. The third-order valence-corrected chi connectivity index (χ3v) is 5.00. The van der Waals surface area contributed by atoms with Crippen LogP contribution in [0.1, 0.15) is 73.4 Å². The first-order chi connectivity index (χ1) is 12.7. The van der Waals surface area contributed by atoms with Gasteiger partial charge in [0, 0.05) is 10.8 Å². The molecule has 0 unspecified atom stereocenters. The van der Waals surface area contributed by atoms with Crippen molar-refractivity contribution in [2.45, 2.75) is 78.7 Å². The number of benzene rings is 2. The van der Waals surface area contributed by atoms with Crippen LogP contribution < -0.4 is 0 Å². The van der Waals surface area contributed by atoms with E-state index in [0.717, 1.165) is 32.9 Å². The summed E-state index contributed by atoms with van der Waals surface area (Å²) in [5, 5.41) is 2.19. The van der Waals surface area contributed by atoms with Gasteiger partial charge in [0.05, 0.1) is 11.0 Å². The van der Waals surface area contributed by atoms with Crippen molar-refractivity contribution in [2.24, 2.45) is 0 Å². The fraction of sp³-hybridized carbons (Fsp3) is 0.480. The second kappa shape index (κ2) is 6.37. The highest BCUT2D eigenvalue weighted by atomic mass is 16.6. The number of hydrogen-bond donors (Lipinski definition) is 0. The summed E-state index contributed by atoms with van der Waals surface area (Å²) in [6.45, 7) is 18.8. The number of para-hydroxylation sites is 2. The van der Waals surface area contributed by atoms with Crippen LogP contribution in [0.2, 0.25) is 0 Å². The first-order valence-electron chi connectivity index (χ1n) is 10.0. The third kappa shape index (κ3) is 3.55. The Morgan fingerprint density at radius 3 is 1.43 bits per heavy atom. The molecule has 0 aliphatic heterocycles. The largest absolute Gasteiger partial charge is 0.443 e. The van der Waals surface area contributed by atoms with Crippen molar-refractivity contribution < 1.29 is 9.53 Å². The number of carbonyl (C=O) groups excluding carboxylic acids is 1. The lowest BCUT2D eigenvalue weighted by molar-refractivity contribution is 0.0551. The zero-order chi connectivity index (χ0) is 21.1. The van der Waals surface area contributed by atoms with Crippen molar-refractivity contribution in [2.75, 3.05) is 0 Å². The number of hydrogen-bond acceptors (Lipinski definition) is 2. The molecule has 150 valence electrons. The molecule has 0 spiro atoms. The summed E-state index contributed by atoms with van der Waals surface area (Å²) in [6.07, 6.45) is -0.319. The molecule has 0 aliphatic rings. The maximum absolute atomic E-state index is 13.4. The van der Waals surface area contributed by atoms with Crippen molar-refractivity contribution in [1.29, 1.82) is 0 Å². The predicted octanol–water partition coefficient (Wildman–Crippen LogP) is 7.17. The normalized spacial score (nSPS) is 13.3. The van der Waals surface area contributed by atoms with Crippen LogP contribution in [-0.4, -0.2) is 16.3 Å². The molecule has 3 aromatic rings. The van der Waals surface area contributed by atoms with Crippen LogP contribution in [0.15, 0.2) is 36.4 Å². The van der Waals surface area contributed by atoms with Crippen molar-refractivity contribution in [3.63, 3.8) is 0 Å². The Hall–Kier alpha value is -2.29. The number of rotatable bonds is 0. The standard InChI is InChI=1S/C25H33NO2/c1-23(2,3)18-14-10-12-16-17-13-11-15-19(24(4,5)6)21(17)26(20(16)18)22(27)28-25(7,8)9/h10-15H,1-9H3. The molecule has 3 rings (SSSR count). The molecule has 0 fully saturated rings. The number of fused-ring (bicyclic) bond motifs is 3. The Morgan fingerprint density at radius 1 is 0.714 bits per heavy atom. The number of nitrogens with zero attached hydrogens (tertiary/aromatic N) is 1. The molecular formula is C25H33NO2. The van der Waals surface area contributed by atoms with Crippen molar-refractivity contribution in [3.05, 3.63) is 47.5 Å². The highest BCUT2D eigenvalue weighted by Gasteiger charge is 2.30. The van der Waals surface area contributed by atoms with E-state index in [-0.39, 0.29) is 16.9 Å². The minimum absolute atomic E-state index is 0.102. The summed E-state index contributed by atoms with van der Waals surface area (Å²) < 4.78 is 7.67. The maximum atomic E-state index is 13.4. The molecule has 2 aromatic carbocycles. The van der Waals surface area contributed by atoms with E-state index in [4.69, 9.17) is 4.74 Å². The van der Waals surface area contributed by atoms with Gasteiger partial charge in [-0.15, -0.1) is 0 Å². The van der Waals surface area contributed by atoms with Gasteiger partial charge in [-0.25, -0.2) is 9.36 Å². The van der Waals surface area contributed by atoms with Crippen LogP contribution in [0, 0.1) is 0 Å². The zero-order valence-electron chi connectivity index (χ0n) is 18.7. The molecule has 1 heterocycles. The minimum atomic E-state index is -0.562. The lowest BCUT2D eigenvalue weighted by Gasteiger charge is -2.25. The summed E-state index contributed by atoms with van der Waals surface area (Å²) in [6, 6.07) is 12.6. The van der Waals surface area contributed by atoms with Gasteiger partial charge >= 0.3 is 6.09 Å². The predicted molar refractivity (Wildman–Crippen MR) is 118 cm³/mol. The van der Waals surface area contributed by atoms with E-state index >= 15 is 0 Å². The molecule has 3 nitrogen and oxygen atoms in total. The van der Waals surface area contributed by atoms with Gasteiger partial charge in [0.15, 0.2) is 0 Å². The summed E-state index contributed by atoms with van der Waals surface area (Å²) in [5.74, 6) is 0. The van der Waals surface area contributed by atoms with Gasteiger partial charge < -0.3 is 4.74 Å². The highest BCUT2D eigenvalue weighted by molar-refractivity contribution is 6.14. The summed E-state index contributed by atoms with van der Waals surface area (Å²) in [4.78, 5) is 13.4.